The van der Waals surface area contributed by atoms with Crippen LogP contribution >= 0.6 is 0 Å². The number of nitrogens with zero attached hydrogens (tertiary/aromatic N) is 5. The van der Waals surface area contributed by atoms with Gasteiger partial charge in [0.1, 0.15) is 0 Å². The minimum absolute atomic E-state index is 0.0856. The quantitative estimate of drug-likeness (QED) is 0.838. The SMILES string of the molecule is CCn1nc(-c2ccc(C(=O)N3CCC(F)(F)CC3)cc2)nc1N(C)C. The Morgan fingerprint density at radius 2 is 1.81 bits per heavy atom. The van der Waals surface area contributed by atoms with Gasteiger partial charge in [-0.25, -0.2) is 13.5 Å². The molecule has 0 unspecified atom stereocenters. The second-order valence-corrected chi connectivity index (χ2v) is 6.67. The first kappa shape index (κ1) is 18.3. The molecule has 0 bridgehead atoms. The Kier molecular flexibility index (Phi) is 4.93. The standard InChI is InChI=1S/C18H23F2N5O/c1-4-25-17(23(2)3)21-15(22-25)13-5-7-14(8-6-13)16(26)24-11-9-18(19,20)10-12-24/h5-8H,4,9-12H2,1-3H3. The monoisotopic (exact) mass is 363 g/mol. The molecule has 1 amide bonds. The van der Waals surface area contributed by atoms with Gasteiger partial charge in [0, 0.05) is 57.7 Å². The molecule has 0 N–H and O–H groups in total. The van der Waals surface area contributed by atoms with E-state index in [9.17, 15) is 13.6 Å². The van der Waals surface area contributed by atoms with Crippen LogP contribution in [0.4, 0.5) is 14.7 Å². The van der Waals surface area contributed by atoms with Crippen LogP contribution in [0.5, 0.6) is 0 Å². The molecule has 3 rings (SSSR count). The number of anilines is 1. The molecule has 2 aromatic rings. The molecule has 2 heterocycles. The fourth-order valence-electron chi connectivity index (χ4n) is 2.98. The number of carbonyl (C=O) groups excluding carboxylic acids is 1. The molecule has 1 aliphatic rings. The van der Waals surface area contributed by atoms with Crippen LogP contribution < -0.4 is 4.90 Å². The van der Waals surface area contributed by atoms with Gasteiger partial charge < -0.3 is 9.80 Å². The van der Waals surface area contributed by atoms with Crippen molar-refractivity contribution in [3.63, 3.8) is 0 Å². The summed E-state index contributed by atoms with van der Waals surface area (Å²) >= 11 is 0. The molecule has 0 spiro atoms. The van der Waals surface area contributed by atoms with Crippen LogP contribution in [-0.4, -0.2) is 58.7 Å². The Morgan fingerprint density at radius 3 is 2.31 bits per heavy atom. The molecule has 0 saturated carbocycles. The smallest absolute Gasteiger partial charge is 0.253 e. The minimum atomic E-state index is -2.66. The summed E-state index contributed by atoms with van der Waals surface area (Å²) in [5.74, 6) is -1.52. The number of benzene rings is 1. The number of aromatic nitrogens is 3. The molecule has 26 heavy (non-hydrogen) atoms. The molecule has 1 saturated heterocycles. The van der Waals surface area contributed by atoms with Gasteiger partial charge in [-0.3, -0.25) is 4.79 Å². The zero-order valence-electron chi connectivity index (χ0n) is 15.2. The number of halogens is 2. The number of piperidine rings is 1. The van der Waals surface area contributed by atoms with Crippen molar-refractivity contribution in [2.24, 2.45) is 0 Å². The van der Waals surface area contributed by atoms with E-state index in [0.29, 0.717) is 17.9 Å². The van der Waals surface area contributed by atoms with Crippen LogP contribution in [-0.2, 0) is 6.54 Å². The van der Waals surface area contributed by atoms with E-state index in [1.165, 1.54) is 4.90 Å². The van der Waals surface area contributed by atoms with Gasteiger partial charge in [-0.2, -0.15) is 4.98 Å². The number of hydrogen-bond donors (Lipinski definition) is 0. The lowest BCUT2D eigenvalue weighted by Crippen LogP contribution is -2.42. The van der Waals surface area contributed by atoms with Crippen molar-refractivity contribution in [3.8, 4) is 11.4 Å². The van der Waals surface area contributed by atoms with Gasteiger partial charge in [0.15, 0.2) is 5.82 Å². The molecular formula is C18H23F2N5O. The van der Waals surface area contributed by atoms with Crippen LogP contribution in [0.25, 0.3) is 11.4 Å². The lowest BCUT2D eigenvalue weighted by atomic mass is 10.0. The summed E-state index contributed by atoms with van der Waals surface area (Å²) in [6, 6.07) is 6.99. The van der Waals surface area contributed by atoms with Gasteiger partial charge in [0.2, 0.25) is 5.95 Å². The molecular weight excluding hydrogens is 340 g/mol. The predicted octanol–water partition coefficient (Wildman–Crippen LogP) is 2.90. The summed E-state index contributed by atoms with van der Waals surface area (Å²) in [5, 5.41) is 4.49. The summed E-state index contributed by atoms with van der Waals surface area (Å²) in [6.45, 7) is 2.87. The molecule has 140 valence electrons. The summed E-state index contributed by atoms with van der Waals surface area (Å²) in [6.07, 6.45) is -0.551. The second-order valence-electron chi connectivity index (χ2n) is 6.67. The summed E-state index contributed by atoms with van der Waals surface area (Å²) in [4.78, 5) is 20.4. The number of hydrogen-bond acceptors (Lipinski definition) is 4. The van der Waals surface area contributed by atoms with Crippen molar-refractivity contribution in [2.75, 3.05) is 32.1 Å². The van der Waals surface area contributed by atoms with Crippen molar-refractivity contribution in [1.82, 2.24) is 19.7 Å². The van der Waals surface area contributed by atoms with Gasteiger partial charge in [0.25, 0.3) is 11.8 Å². The normalized spacial score (nSPS) is 16.6. The highest BCUT2D eigenvalue weighted by molar-refractivity contribution is 5.94. The van der Waals surface area contributed by atoms with E-state index >= 15 is 0 Å². The Hall–Kier alpha value is -2.51. The molecule has 1 aromatic carbocycles. The summed E-state index contributed by atoms with van der Waals surface area (Å²) < 4.78 is 28.3. The average molecular weight is 363 g/mol. The number of likely N-dealkylation sites (tertiary alicyclic amines) is 1. The van der Waals surface area contributed by atoms with E-state index in [0.717, 1.165) is 11.5 Å². The van der Waals surface area contributed by atoms with Gasteiger partial charge in [-0.05, 0) is 19.1 Å². The largest absolute Gasteiger partial charge is 0.347 e. The highest BCUT2D eigenvalue weighted by atomic mass is 19.3. The van der Waals surface area contributed by atoms with Crippen LogP contribution in [0.1, 0.15) is 30.1 Å². The molecule has 1 fully saturated rings. The summed E-state index contributed by atoms with van der Waals surface area (Å²) in [7, 11) is 3.81. The maximum Gasteiger partial charge on any atom is 0.253 e. The molecule has 6 nitrogen and oxygen atoms in total. The van der Waals surface area contributed by atoms with Crippen LogP contribution in [0.15, 0.2) is 24.3 Å². The molecule has 0 atom stereocenters. The number of rotatable bonds is 4. The molecule has 8 heteroatoms. The van der Waals surface area contributed by atoms with Crippen LogP contribution in [0.2, 0.25) is 0 Å². The van der Waals surface area contributed by atoms with Gasteiger partial charge in [0.05, 0.1) is 0 Å². The highest BCUT2D eigenvalue weighted by Gasteiger charge is 2.35. The third kappa shape index (κ3) is 3.68. The molecule has 1 aromatic heterocycles. The number of carbonyl (C=O) groups is 1. The van der Waals surface area contributed by atoms with E-state index in [-0.39, 0.29) is 31.8 Å². The van der Waals surface area contributed by atoms with Gasteiger partial charge in [-0.1, -0.05) is 12.1 Å². The molecule has 0 radical (unpaired) electrons. The van der Waals surface area contributed by atoms with E-state index in [4.69, 9.17) is 0 Å². The average Bonchev–Trinajstić information content (AvgIpc) is 3.06. The highest BCUT2D eigenvalue weighted by Crippen LogP contribution is 2.28. The van der Waals surface area contributed by atoms with Gasteiger partial charge in [-0.15, -0.1) is 5.10 Å². The number of alkyl halides is 2. The number of amides is 1. The Bertz CT molecular complexity index is 775. The first-order chi connectivity index (χ1) is 12.3. The second kappa shape index (κ2) is 7.01. The van der Waals surface area contributed by atoms with Crippen LogP contribution in [0, 0.1) is 0 Å². The Labute approximate surface area is 151 Å². The van der Waals surface area contributed by atoms with E-state index in [2.05, 4.69) is 10.1 Å². The fraction of sp³-hybridized carbons (Fsp3) is 0.500. The minimum Gasteiger partial charge on any atom is -0.347 e. The predicted molar refractivity (Wildman–Crippen MR) is 95.5 cm³/mol. The molecule has 0 aliphatic carbocycles. The Balaban J connectivity index is 1.75. The topological polar surface area (TPSA) is 54.3 Å². The zero-order chi connectivity index (χ0) is 18.9. The first-order valence-electron chi connectivity index (χ1n) is 8.70. The van der Waals surface area contributed by atoms with E-state index in [1.807, 2.05) is 30.6 Å². The van der Waals surface area contributed by atoms with Crippen molar-refractivity contribution >= 4 is 11.9 Å². The third-order valence-corrected chi connectivity index (χ3v) is 4.52. The Morgan fingerprint density at radius 1 is 1.19 bits per heavy atom. The zero-order valence-corrected chi connectivity index (χ0v) is 15.2. The lowest BCUT2D eigenvalue weighted by Gasteiger charge is -2.31. The first-order valence-corrected chi connectivity index (χ1v) is 8.70. The van der Waals surface area contributed by atoms with Crippen molar-refractivity contribution in [2.45, 2.75) is 32.2 Å². The van der Waals surface area contributed by atoms with Crippen molar-refractivity contribution < 1.29 is 13.6 Å². The third-order valence-electron chi connectivity index (χ3n) is 4.52. The van der Waals surface area contributed by atoms with Crippen molar-refractivity contribution in [1.29, 1.82) is 0 Å². The maximum absolute atomic E-state index is 13.2. The lowest BCUT2D eigenvalue weighted by molar-refractivity contribution is -0.0494. The fourth-order valence-corrected chi connectivity index (χ4v) is 2.98. The van der Waals surface area contributed by atoms with Crippen LogP contribution in [0.3, 0.4) is 0 Å². The summed E-state index contributed by atoms with van der Waals surface area (Å²) in [5.41, 5.74) is 1.30. The van der Waals surface area contributed by atoms with Crippen molar-refractivity contribution in [3.05, 3.63) is 29.8 Å². The maximum atomic E-state index is 13.2. The van der Waals surface area contributed by atoms with E-state index < -0.39 is 5.92 Å². The van der Waals surface area contributed by atoms with E-state index in [1.54, 1.807) is 24.3 Å². The van der Waals surface area contributed by atoms with Gasteiger partial charge >= 0.3 is 0 Å². The molecule has 1 aliphatic heterocycles. The number of aryl methyl sites for hydroxylation is 1.